The average Bonchev–Trinajstić information content (AvgIpc) is 2.30. The SMILES string of the molecule is CNc1nc(NC(C)CCS(C)=O)c(F)cc1F. The van der Waals surface area contributed by atoms with E-state index < -0.39 is 22.4 Å². The summed E-state index contributed by atoms with van der Waals surface area (Å²) in [5, 5.41) is 5.39. The molecule has 0 fully saturated rings. The van der Waals surface area contributed by atoms with E-state index in [2.05, 4.69) is 15.6 Å². The molecule has 2 N–H and O–H groups in total. The molecule has 7 heteroatoms. The zero-order chi connectivity index (χ0) is 13.7. The van der Waals surface area contributed by atoms with Crippen molar-refractivity contribution in [2.75, 3.05) is 29.7 Å². The van der Waals surface area contributed by atoms with Crippen molar-refractivity contribution in [2.45, 2.75) is 19.4 Å². The van der Waals surface area contributed by atoms with E-state index in [0.29, 0.717) is 12.2 Å². The minimum Gasteiger partial charge on any atom is -0.371 e. The second kappa shape index (κ2) is 6.63. The van der Waals surface area contributed by atoms with Crippen molar-refractivity contribution in [2.24, 2.45) is 0 Å². The van der Waals surface area contributed by atoms with Gasteiger partial charge in [0.05, 0.1) is 0 Å². The Bertz CT molecular complexity index is 443. The van der Waals surface area contributed by atoms with Crippen LogP contribution >= 0.6 is 0 Å². The lowest BCUT2D eigenvalue weighted by Gasteiger charge is -2.15. The van der Waals surface area contributed by atoms with Crippen molar-refractivity contribution >= 4 is 22.4 Å². The first-order chi connectivity index (χ1) is 8.43. The smallest absolute Gasteiger partial charge is 0.168 e. The van der Waals surface area contributed by atoms with Crippen molar-refractivity contribution in [3.8, 4) is 0 Å². The lowest BCUT2D eigenvalue weighted by molar-refractivity contribution is 0.576. The molecule has 0 saturated heterocycles. The summed E-state index contributed by atoms with van der Waals surface area (Å²) in [6.45, 7) is 1.83. The number of hydrogen-bond donors (Lipinski definition) is 2. The molecule has 2 atom stereocenters. The van der Waals surface area contributed by atoms with Crippen LogP contribution in [0.2, 0.25) is 0 Å². The molecule has 0 aromatic carbocycles. The van der Waals surface area contributed by atoms with Crippen molar-refractivity contribution in [3.05, 3.63) is 17.7 Å². The molecule has 0 aliphatic rings. The van der Waals surface area contributed by atoms with Gasteiger partial charge in [-0.3, -0.25) is 4.21 Å². The van der Waals surface area contributed by atoms with Crippen LogP contribution in [0.15, 0.2) is 6.07 Å². The average molecular weight is 277 g/mol. The molecule has 0 saturated carbocycles. The van der Waals surface area contributed by atoms with Crippen LogP contribution in [0.5, 0.6) is 0 Å². The zero-order valence-corrected chi connectivity index (χ0v) is 11.4. The van der Waals surface area contributed by atoms with Gasteiger partial charge in [0, 0.05) is 42.0 Å². The van der Waals surface area contributed by atoms with Gasteiger partial charge in [-0.1, -0.05) is 0 Å². The van der Waals surface area contributed by atoms with E-state index >= 15 is 0 Å². The first-order valence-electron chi connectivity index (χ1n) is 5.54. The maximum absolute atomic E-state index is 13.5. The Morgan fingerprint density at radius 3 is 2.56 bits per heavy atom. The molecule has 4 nitrogen and oxygen atoms in total. The third-order valence-corrected chi connectivity index (χ3v) is 3.20. The maximum Gasteiger partial charge on any atom is 0.168 e. The summed E-state index contributed by atoms with van der Waals surface area (Å²) in [6.07, 6.45) is 2.24. The normalized spacial score (nSPS) is 14.1. The van der Waals surface area contributed by atoms with Crippen LogP contribution in [0, 0.1) is 11.6 Å². The molecule has 1 aromatic rings. The second-order valence-electron chi connectivity index (χ2n) is 4.01. The number of rotatable bonds is 6. The number of pyridine rings is 1. The maximum atomic E-state index is 13.5. The monoisotopic (exact) mass is 277 g/mol. The molecule has 18 heavy (non-hydrogen) atoms. The van der Waals surface area contributed by atoms with E-state index in [0.717, 1.165) is 6.07 Å². The van der Waals surface area contributed by atoms with Gasteiger partial charge >= 0.3 is 0 Å². The van der Waals surface area contributed by atoms with Crippen LogP contribution in [-0.4, -0.2) is 34.3 Å². The summed E-state index contributed by atoms with van der Waals surface area (Å²) in [4.78, 5) is 3.81. The van der Waals surface area contributed by atoms with Gasteiger partial charge in [0.2, 0.25) is 0 Å². The molecule has 0 spiro atoms. The summed E-state index contributed by atoms with van der Waals surface area (Å²) in [5.41, 5.74) is 0. The van der Waals surface area contributed by atoms with E-state index in [4.69, 9.17) is 0 Å². The summed E-state index contributed by atoms with van der Waals surface area (Å²) >= 11 is 0. The quantitative estimate of drug-likeness (QED) is 0.834. The highest BCUT2D eigenvalue weighted by Gasteiger charge is 2.13. The number of nitrogens with zero attached hydrogens (tertiary/aromatic N) is 1. The Kier molecular flexibility index (Phi) is 5.46. The fourth-order valence-electron chi connectivity index (χ4n) is 1.39. The standard InChI is InChI=1S/C11H17F2N3OS/c1-7(4-5-18(3)17)15-11-9(13)6-8(12)10(14-2)16-11/h6-7H,4-5H2,1-3H3,(H2,14,15,16). The topological polar surface area (TPSA) is 54.0 Å². The molecular weight excluding hydrogens is 260 g/mol. The molecule has 0 aliphatic carbocycles. The Morgan fingerprint density at radius 1 is 1.39 bits per heavy atom. The number of aromatic nitrogens is 1. The number of nitrogens with one attached hydrogen (secondary N) is 2. The van der Waals surface area contributed by atoms with Gasteiger partial charge in [-0.15, -0.1) is 0 Å². The highest BCUT2D eigenvalue weighted by molar-refractivity contribution is 7.84. The molecular formula is C11H17F2N3OS. The summed E-state index contributed by atoms with van der Waals surface area (Å²) in [6, 6.07) is 0.692. The van der Waals surface area contributed by atoms with Gasteiger partial charge in [-0.2, -0.15) is 0 Å². The first-order valence-corrected chi connectivity index (χ1v) is 7.27. The van der Waals surface area contributed by atoms with Gasteiger partial charge < -0.3 is 10.6 Å². The van der Waals surface area contributed by atoms with Crippen molar-refractivity contribution in [1.82, 2.24) is 4.98 Å². The molecule has 0 amide bonds. The summed E-state index contributed by atoms with van der Waals surface area (Å²) in [5.74, 6) is -0.963. The highest BCUT2D eigenvalue weighted by atomic mass is 32.2. The van der Waals surface area contributed by atoms with E-state index in [9.17, 15) is 13.0 Å². The molecule has 1 rings (SSSR count). The molecule has 0 radical (unpaired) electrons. The first kappa shape index (κ1) is 14.8. The number of anilines is 2. The van der Waals surface area contributed by atoms with E-state index in [1.54, 1.807) is 6.26 Å². The molecule has 1 heterocycles. The fraction of sp³-hybridized carbons (Fsp3) is 0.545. The minimum atomic E-state index is -0.886. The van der Waals surface area contributed by atoms with Crippen molar-refractivity contribution < 1.29 is 13.0 Å². The van der Waals surface area contributed by atoms with Gasteiger partial charge in [0.25, 0.3) is 0 Å². The second-order valence-corrected chi connectivity index (χ2v) is 5.57. The van der Waals surface area contributed by atoms with Crippen LogP contribution in [0.4, 0.5) is 20.4 Å². The molecule has 0 bridgehead atoms. The zero-order valence-electron chi connectivity index (χ0n) is 10.6. The van der Waals surface area contributed by atoms with Gasteiger partial charge in [-0.05, 0) is 13.3 Å². The largest absolute Gasteiger partial charge is 0.371 e. The van der Waals surface area contributed by atoms with Gasteiger partial charge in [-0.25, -0.2) is 13.8 Å². The summed E-state index contributed by atoms with van der Waals surface area (Å²) in [7, 11) is 0.625. The summed E-state index contributed by atoms with van der Waals surface area (Å²) < 4.78 is 37.6. The fourth-order valence-corrected chi connectivity index (χ4v) is 2.08. The van der Waals surface area contributed by atoms with E-state index in [-0.39, 0.29) is 17.7 Å². The number of hydrogen-bond acceptors (Lipinski definition) is 4. The van der Waals surface area contributed by atoms with Gasteiger partial charge in [0.1, 0.15) is 0 Å². The molecule has 0 aliphatic heterocycles. The predicted octanol–water partition coefficient (Wildman–Crippen LogP) is 1.97. The highest BCUT2D eigenvalue weighted by Crippen LogP contribution is 2.19. The van der Waals surface area contributed by atoms with Crippen molar-refractivity contribution in [1.29, 1.82) is 0 Å². The van der Waals surface area contributed by atoms with Crippen molar-refractivity contribution in [3.63, 3.8) is 0 Å². The van der Waals surface area contributed by atoms with E-state index in [1.807, 2.05) is 6.92 Å². The molecule has 102 valence electrons. The van der Waals surface area contributed by atoms with Crippen LogP contribution in [0.3, 0.4) is 0 Å². The van der Waals surface area contributed by atoms with E-state index in [1.165, 1.54) is 7.05 Å². The van der Waals surface area contributed by atoms with Crippen LogP contribution in [-0.2, 0) is 10.8 Å². The van der Waals surface area contributed by atoms with Gasteiger partial charge in [0.15, 0.2) is 23.3 Å². The van der Waals surface area contributed by atoms with Crippen LogP contribution in [0.1, 0.15) is 13.3 Å². The molecule has 1 aromatic heterocycles. The third kappa shape index (κ3) is 4.21. The van der Waals surface area contributed by atoms with Crippen LogP contribution in [0.25, 0.3) is 0 Å². The Balaban J connectivity index is 2.74. The lowest BCUT2D eigenvalue weighted by Crippen LogP contribution is -2.20. The Hall–Kier alpha value is -1.24. The minimum absolute atomic E-state index is 0.00450. The lowest BCUT2D eigenvalue weighted by atomic mass is 10.2. The predicted molar refractivity (Wildman–Crippen MR) is 70.3 cm³/mol. The molecule has 2 unspecified atom stereocenters. The third-order valence-electron chi connectivity index (χ3n) is 2.39. The Morgan fingerprint density at radius 2 is 2.00 bits per heavy atom. The van der Waals surface area contributed by atoms with Crippen LogP contribution < -0.4 is 10.6 Å². The number of halogens is 2. The Labute approximate surface area is 108 Å².